The summed E-state index contributed by atoms with van der Waals surface area (Å²) in [5.74, 6) is -0.615. The monoisotopic (exact) mass is 279 g/mol. The molecule has 0 radical (unpaired) electrons. The molecule has 0 spiro atoms. The lowest BCUT2D eigenvalue weighted by molar-refractivity contribution is -0.143. The van der Waals surface area contributed by atoms with Gasteiger partial charge < -0.3 is 15.2 Å². The first-order valence-electron chi connectivity index (χ1n) is 6.40. The van der Waals surface area contributed by atoms with Gasteiger partial charge in [-0.1, -0.05) is 32.9 Å². The van der Waals surface area contributed by atoms with E-state index in [9.17, 15) is 14.7 Å². The smallest absolute Gasteiger partial charge is 0.326 e. The van der Waals surface area contributed by atoms with E-state index in [1.807, 2.05) is 0 Å². The third-order valence-corrected chi connectivity index (χ3v) is 2.88. The van der Waals surface area contributed by atoms with E-state index < -0.39 is 17.4 Å². The summed E-state index contributed by atoms with van der Waals surface area (Å²) >= 11 is 0. The summed E-state index contributed by atoms with van der Waals surface area (Å²) in [6, 6.07) is 6.17. The predicted octanol–water partition coefficient (Wildman–Crippen LogP) is 1.85. The summed E-state index contributed by atoms with van der Waals surface area (Å²) in [7, 11) is 1.57. The van der Waals surface area contributed by atoms with Crippen LogP contribution in [0.15, 0.2) is 24.3 Å². The van der Waals surface area contributed by atoms with Crippen molar-refractivity contribution in [1.29, 1.82) is 0 Å². The molecule has 2 N–H and O–H groups in total. The molecular formula is C15H21NO4. The Kier molecular flexibility index (Phi) is 5.13. The minimum atomic E-state index is -1.04. The molecule has 0 aliphatic carbocycles. The van der Waals surface area contributed by atoms with Crippen LogP contribution in [0.3, 0.4) is 0 Å². The number of nitrogens with one attached hydrogen (secondary N) is 1. The number of methoxy groups -OCH3 is 1. The predicted molar refractivity (Wildman–Crippen MR) is 75.7 cm³/mol. The second-order valence-corrected chi connectivity index (χ2v) is 5.67. The minimum absolute atomic E-state index is 0.237. The molecule has 5 nitrogen and oxygen atoms in total. The van der Waals surface area contributed by atoms with Gasteiger partial charge in [0.05, 0.1) is 7.11 Å². The standard InChI is InChI=1S/C15H21NO4/c1-15(2,3)14(19)16-12(13(17)18)9-10-5-7-11(20-4)8-6-10/h5-8,12H,9H2,1-4H3,(H,16,19)(H,17,18). The Balaban J connectivity index is 2.77. The van der Waals surface area contributed by atoms with Gasteiger partial charge in [-0.3, -0.25) is 4.79 Å². The quantitative estimate of drug-likeness (QED) is 0.862. The maximum atomic E-state index is 11.9. The van der Waals surface area contributed by atoms with Crippen LogP contribution in [0, 0.1) is 5.41 Å². The number of rotatable bonds is 5. The van der Waals surface area contributed by atoms with Crippen LogP contribution in [0.5, 0.6) is 5.75 Å². The Morgan fingerprint density at radius 1 is 1.25 bits per heavy atom. The highest BCUT2D eigenvalue weighted by Crippen LogP contribution is 2.15. The number of benzene rings is 1. The van der Waals surface area contributed by atoms with Gasteiger partial charge in [0, 0.05) is 11.8 Å². The molecule has 0 aliphatic rings. The fourth-order valence-corrected chi connectivity index (χ4v) is 1.57. The van der Waals surface area contributed by atoms with Gasteiger partial charge in [0.1, 0.15) is 11.8 Å². The van der Waals surface area contributed by atoms with Gasteiger partial charge in [-0.25, -0.2) is 4.79 Å². The lowest BCUT2D eigenvalue weighted by Gasteiger charge is -2.22. The second-order valence-electron chi connectivity index (χ2n) is 5.67. The van der Waals surface area contributed by atoms with Crippen molar-refractivity contribution in [3.63, 3.8) is 0 Å². The number of carbonyl (C=O) groups is 2. The first kappa shape index (κ1) is 16.0. The van der Waals surface area contributed by atoms with Crippen molar-refractivity contribution in [2.24, 2.45) is 5.41 Å². The topological polar surface area (TPSA) is 75.6 Å². The van der Waals surface area contributed by atoms with Crippen LogP contribution in [0.1, 0.15) is 26.3 Å². The molecule has 1 amide bonds. The normalized spacial score (nSPS) is 12.6. The largest absolute Gasteiger partial charge is 0.497 e. The zero-order valence-corrected chi connectivity index (χ0v) is 12.3. The molecule has 0 heterocycles. The van der Waals surface area contributed by atoms with Gasteiger partial charge in [0.2, 0.25) is 5.91 Å². The number of carboxylic acids is 1. The molecule has 1 unspecified atom stereocenters. The molecule has 1 atom stereocenters. The molecular weight excluding hydrogens is 258 g/mol. The zero-order valence-electron chi connectivity index (χ0n) is 12.3. The van der Waals surface area contributed by atoms with E-state index in [-0.39, 0.29) is 12.3 Å². The van der Waals surface area contributed by atoms with E-state index in [1.165, 1.54) is 0 Å². The van der Waals surface area contributed by atoms with Crippen molar-refractivity contribution in [3.05, 3.63) is 29.8 Å². The molecule has 110 valence electrons. The zero-order chi connectivity index (χ0) is 15.3. The average Bonchev–Trinajstić information content (AvgIpc) is 2.37. The van der Waals surface area contributed by atoms with Crippen LogP contribution in [0.4, 0.5) is 0 Å². The maximum absolute atomic E-state index is 11.9. The molecule has 1 rings (SSSR count). The number of carbonyl (C=O) groups excluding carboxylic acids is 1. The van der Waals surface area contributed by atoms with Crippen LogP contribution >= 0.6 is 0 Å². The van der Waals surface area contributed by atoms with Gasteiger partial charge in [-0.05, 0) is 17.7 Å². The SMILES string of the molecule is COc1ccc(CC(NC(=O)C(C)(C)C)C(=O)O)cc1. The lowest BCUT2D eigenvalue weighted by atomic mass is 9.94. The fraction of sp³-hybridized carbons (Fsp3) is 0.467. The number of carboxylic acid groups (broad SMARTS) is 1. The lowest BCUT2D eigenvalue weighted by Crippen LogP contribution is -2.46. The first-order valence-corrected chi connectivity index (χ1v) is 6.40. The fourth-order valence-electron chi connectivity index (χ4n) is 1.57. The van der Waals surface area contributed by atoms with E-state index >= 15 is 0 Å². The van der Waals surface area contributed by atoms with Gasteiger partial charge in [0.15, 0.2) is 0 Å². The van der Waals surface area contributed by atoms with Crippen LogP contribution in [-0.4, -0.2) is 30.1 Å². The third kappa shape index (κ3) is 4.57. The highest BCUT2D eigenvalue weighted by atomic mass is 16.5. The number of amides is 1. The van der Waals surface area contributed by atoms with Gasteiger partial charge in [-0.15, -0.1) is 0 Å². The van der Waals surface area contributed by atoms with Crippen molar-refractivity contribution in [3.8, 4) is 5.75 Å². The molecule has 5 heteroatoms. The first-order chi connectivity index (χ1) is 9.24. The van der Waals surface area contributed by atoms with Crippen molar-refractivity contribution in [1.82, 2.24) is 5.32 Å². The Labute approximate surface area is 118 Å². The number of aliphatic carboxylic acids is 1. The number of hydrogen-bond donors (Lipinski definition) is 2. The summed E-state index contributed by atoms with van der Waals surface area (Å²) < 4.78 is 5.04. The Morgan fingerprint density at radius 3 is 2.20 bits per heavy atom. The van der Waals surface area contributed by atoms with Crippen molar-refractivity contribution in [2.75, 3.05) is 7.11 Å². The van der Waals surface area contributed by atoms with Gasteiger partial charge in [0.25, 0.3) is 0 Å². The van der Waals surface area contributed by atoms with Crippen LogP contribution < -0.4 is 10.1 Å². The number of hydrogen-bond acceptors (Lipinski definition) is 3. The Bertz CT molecular complexity index is 474. The van der Waals surface area contributed by atoms with E-state index in [0.717, 1.165) is 5.56 Å². The molecule has 0 aliphatic heterocycles. The van der Waals surface area contributed by atoms with Crippen molar-refractivity contribution < 1.29 is 19.4 Å². The molecule has 0 fully saturated rings. The molecule has 20 heavy (non-hydrogen) atoms. The number of ether oxygens (including phenoxy) is 1. The summed E-state index contributed by atoms with van der Waals surface area (Å²) in [4.78, 5) is 23.1. The maximum Gasteiger partial charge on any atom is 0.326 e. The van der Waals surface area contributed by atoms with Crippen LogP contribution in [0.25, 0.3) is 0 Å². The summed E-state index contributed by atoms with van der Waals surface area (Å²) in [6.07, 6.45) is 0.237. The van der Waals surface area contributed by atoms with E-state index in [0.29, 0.717) is 5.75 Å². The van der Waals surface area contributed by atoms with E-state index in [4.69, 9.17) is 4.74 Å². The molecule has 1 aromatic rings. The van der Waals surface area contributed by atoms with Gasteiger partial charge >= 0.3 is 5.97 Å². The molecule has 0 bridgehead atoms. The average molecular weight is 279 g/mol. The summed E-state index contributed by atoms with van der Waals surface area (Å²) in [6.45, 7) is 5.23. The molecule has 0 aromatic heterocycles. The molecule has 0 saturated carbocycles. The minimum Gasteiger partial charge on any atom is -0.497 e. The van der Waals surface area contributed by atoms with Crippen LogP contribution in [0.2, 0.25) is 0 Å². The van der Waals surface area contributed by atoms with Crippen molar-refractivity contribution in [2.45, 2.75) is 33.2 Å². The van der Waals surface area contributed by atoms with Crippen LogP contribution in [-0.2, 0) is 16.0 Å². The second kappa shape index (κ2) is 6.41. The van der Waals surface area contributed by atoms with Gasteiger partial charge in [-0.2, -0.15) is 0 Å². The summed E-state index contributed by atoms with van der Waals surface area (Å²) in [5, 5.41) is 11.8. The highest BCUT2D eigenvalue weighted by molar-refractivity contribution is 5.86. The Hall–Kier alpha value is -2.04. The highest BCUT2D eigenvalue weighted by Gasteiger charge is 2.27. The molecule has 1 aromatic carbocycles. The van der Waals surface area contributed by atoms with E-state index in [2.05, 4.69) is 5.32 Å². The summed E-state index contributed by atoms with van der Waals surface area (Å²) in [5.41, 5.74) is 0.209. The third-order valence-electron chi connectivity index (χ3n) is 2.88. The van der Waals surface area contributed by atoms with E-state index in [1.54, 1.807) is 52.1 Å². The Morgan fingerprint density at radius 2 is 1.80 bits per heavy atom. The molecule has 0 saturated heterocycles. The van der Waals surface area contributed by atoms with Crippen molar-refractivity contribution >= 4 is 11.9 Å².